The number of rotatable bonds is 5. The van der Waals surface area contributed by atoms with Crippen LogP contribution in [0.25, 0.3) is 0 Å². The predicted octanol–water partition coefficient (Wildman–Crippen LogP) is 0.412. The maximum Gasteiger partial charge on any atom is 0.271 e. The molecule has 0 unspecified atom stereocenters. The van der Waals surface area contributed by atoms with E-state index in [9.17, 15) is 22.8 Å². The number of likely N-dealkylation sites (tertiary alicyclic amines) is 1. The van der Waals surface area contributed by atoms with Gasteiger partial charge in [0.05, 0.1) is 15.5 Å². The lowest BCUT2D eigenvalue weighted by Gasteiger charge is -2.20. The van der Waals surface area contributed by atoms with Gasteiger partial charge >= 0.3 is 0 Å². The fourth-order valence-electron chi connectivity index (χ4n) is 2.58. The van der Waals surface area contributed by atoms with Gasteiger partial charge in [-0.05, 0) is 38.1 Å². The van der Waals surface area contributed by atoms with Crippen molar-refractivity contribution >= 4 is 39.3 Å². The average Bonchev–Trinajstić information content (AvgIpc) is 2.84. The minimum Gasteiger partial charge on any atom is -0.333 e. The smallest absolute Gasteiger partial charge is 0.271 e. The van der Waals surface area contributed by atoms with Crippen molar-refractivity contribution in [1.29, 1.82) is 0 Å². The molecule has 0 atom stereocenters. The molecule has 148 valence electrons. The SMILES string of the molecule is CNS(=O)(=O)c1ccc(Cl)c(C(=O)NNC(=O)CN2CCCCCC2=O)c1. The summed E-state index contributed by atoms with van der Waals surface area (Å²) < 4.78 is 25.8. The van der Waals surface area contributed by atoms with Crippen molar-refractivity contribution in [1.82, 2.24) is 20.5 Å². The van der Waals surface area contributed by atoms with Crippen LogP contribution in [-0.2, 0) is 19.6 Å². The van der Waals surface area contributed by atoms with Gasteiger partial charge in [-0.2, -0.15) is 0 Å². The molecule has 0 spiro atoms. The number of nitrogens with zero attached hydrogens (tertiary/aromatic N) is 1. The number of hydrogen-bond donors (Lipinski definition) is 3. The Labute approximate surface area is 162 Å². The van der Waals surface area contributed by atoms with Crippen LogP contribution in [0.3, 0.4) is 0 Å². The van der Waals surface area contributed by atoms with Crippen LogP contribution in [0.1, 0.15) is 36.0 Å². The number of benzene rings is 1. The molecule has 1 fully saturated rings. The summed E-state index contributed by atoms with van der Waals surface area (Å²) >= 11 is 5.95. The molecule has 1 aromatic rings. The zero-order valence-electron chi connectivity index (χ0n) is 14.7. The zero-order chi connectivity index (χ0) is 20.0. The van der Waals surface area contributed by atoms with E-state index < -0.39 is 21.8 Å². The average molecular weight is 417 g/mol. The van der Waals surface area contributed by atoms with Crippen LogP contribution in [0.4, 0.5) is 0 Å². The molecule has 3 N–H and O–H groups in total. The van der Waals surface area contributed by atoms with Crippen LogP contribution in [-0.4, -0.2) is 51.2 Å². The number of hydrazine groups is 1. The van der Waals surface area contributed by atoms with E-state index in [1.54, 1.807) is 0 Å². The van der Waals surface area contributed by atoms with Crippen molar-refractivity contribution in [2.75, 3.05) is 20.1 Å². The van der Waals surface area contributed by atoms with E-state index in [1.807, 2.05) is 0 Å². The largest absolute Gasteiger partial charge is 0.333 e. The van der Waals surface area contributed by atoms with Gasteiger partial charge in [-0.15, -0.1) is 0 Å². The summed E-state index contributed by atoms with van der Waals surface area (Å²) in [5, 5.41) is 0.0273. The third-order valence-electron chi connectivity index (χ3n) is 4.08. The lowest BCUT2D eigenvalue weighted by molar-refractivity contribution is -0.135. The van der Waals surface area contributed by atoms with E-state index in [2.05, 4.69) is 15.6 Å². The molecule has 0 aromatic heterocycles. The van der Waals surface area contributed by atoms with Crippen molar-refractivity contribution < 1.29 is 22.8 Å². The topological polar surface area (TPSA) is 125 Å². The highest BCUT2D eigenvalue weighted by atomic mass is 35.5. The number of carbonyl (C=O) groups excluding carboxylic acids is 3. The summed E-state index contributed by atoms with van der Waals surface area (Å²) in [4.78, 5) is 37.4. The quantitative estimate of drug-likeness (QED) is 0.599. The Balaban J connectivity index is 2.00. The minimum atomic E-state index is -3.75. The van der Waals surface area contributed by atoms with Crippen molar-refractivity contribution in [3.05, 3.63) is 28.8 Å². The monoisotopic (exact) mass is 416 g/mol. The molecule has 0 bridgehead atoms. The highest BCUT2D eigenvalue weighted by Gasteiger charge is 2.21. The highest BCUT2D eigenvalue weighted by molar-refractivity contribution is 7.89. The van der Waals surface area contributed by atoms with Gasteiger partial charge in [-0.25, -0.2) is 13.1 Å². The molecule has 0 saturated carbocycles. The summed E-state index contributed by atoms with van der Waals surface area (Å²) in [7, 11) is -2.51. The number of halogens is 1. The van der Waals surface area contributed by atoms with E-state index in [1.165, 1.54) is 24.1 Å². The summed E-state index contributed by atoms with van der Waals surface area (Å²) in [5.41, 5.74) is 4.28. The molecular formula is C16H21ClN4O5S. The maximum atomic E-state index is 12.2. The van der Waals surface area contributed by atoms with Gasteiger partial charge in [0.2, 0.25) is 15.9 Å². The first kappa shape index (κ1) is 21.1. The molecule has 3 amide bonds. The number of carbonyl (C=O) groups is 3. The van der Waals surface area contributed by atoms with E-state index in [0.29, 0.717) is 13.0 Å². The first-order chi connectivity index (χ1) is 12.7. The lowest BCUT2D eigenvalue weighted by atomic mass is 10.2. The molecule has 2 rings (SSSR count). The Kier molecular flexibility index (Phi) is 7.17. The fraction of sp³-hybridized carbons (Fsp3) is 0.438. The maximum absolute atomic E-state index is 12.2. The van der Waals surface area contributed by atoms with Crippen LogP contribution in [0.15, 0.2) is 23.1 Å². The molecule has 1 aliphatic heterocycles. The molecule has 1 aliphatic rings. The summed E-state index contributed by atoms with van der Waals surface area (Å²) in [6.45, 7) is 0.330. The first-order valence-corrected chi connectivity index (χ1v) is 10.2. The van der Waals surface area contributed by atoms with E-state index in [-0.39, 0.29) is 27.9 Å². The van der Waals surface area contributed by atoms with Crippen LogP contribution in [0.5, 0.6) is 0 Å². The van der Waals surface area contributed by atoms with Crippen molar-refractivity contribution in [2.45, 2.75) is 30.6 Å². The molecule has 1 heterocycles. The lowest BCUT2D eigenvalue weighted by Crippen LogP contribution is -2.47. The third-order valence-corrected chi connectivity index (χ3v) is 5.82. The van der Waals surface area contributed by atoms with E-state index in [4.69, 9.17) is 11.6 Å². The van der Waals surface area contributed by atoms with Gasteiger partial charge in [-0.3, -0.25) is 25.2 Å². The summed E-state index contributed by atoms with van der Waals surface area (Å²) in [6, 6.07) is 3.64. The Morgan fingerprint density at radius 1 is 1.19 bits per heavy atom. The number of amides is 3. The number of nitrogens with one attached hydrogen (secondary N) is 3. The Bertz CT molecular complexity index is 843. The summed E-state index contributed by atoms with van der Waals surface area (Å²) in [5.74, 6) is -1.43. The molecule has 11 heteroatoms. The molecular weight excluding hydrogens is 396 g/mol. The second-order valence-electron chi connectivity index (χ2n) is 5.98. The van der Waals surface area contributed by atoms with Crippen molar-refractivity contribution in [3.63, 3.8) is 0 Å². The Hall–Kier alpha value is -2.17. The third kappa shape index (κ3) is 5.65. The molecule has 9 nitrogen and oxygen atoms in total. The second kappa shape index (κ2) is 9.16. The van der Waals surface area contributed by atoms with Crippen molar-refractivity contribution in [3.8, 4) is 0 Å². The number of sulfonamides is 1. The molecule has 0 radical (unpaired) electrons. The normalized spacial score (nSPS) is 15.2. The van der Waals surface area contributed by atoms with Gasteiger partial charge in [0.15, 0.2) is 0 Å². The molecule has 27 heavy (non-hydrogen) atoms. The van der Waals surface area contributed by atoms with E-state index in [0.717, 1.165) is 25.3 Å². The summed E-state index contributed by atoms with van der Waals surface area (Å²) in [6.07, 6.45) is 2.97. The van der Waals surface area contributed by atoms with Gasteiger partial charge in [0.25, 0.3) is 11.8 Å². The fourth-order valence-corrected chi connectivity index (χ4v) is 3.54. The van der Waals surface area contributed by atoms with Gasteiger partial charge < -0.3 is 4.90 Å². The number of hydrogen-bond acceptors (Lipinski definition) is 5. The van der Waals surface area contributed by atoms with Crippen LogP contribution >= 0.6 is 11.6 Å². The highest BCUT2D eigenvalue weighted by Crippen LogP contribution is 2.20. The first-order valence-electron chi connectivity index (χ1n) is 8.34. The minimum absolute atomic E-state index is 0.0273. The standard InChI is InChI=1S/C16H21ClN4O5S/c1-18-27(25,26)11-6-7-13(17)12(9-11)16(24)20-19-14(22)10-21-8-4-2-3-5-15(21)23/h6-7,9,18H,2-5,8,10H2,1H3,(H,19,22)(H,20,24). The van der Waals surface area contributed by atoms with Gasteiger partial charge in [0.1, 0.15) is 6.54 Å². The molecule has 1 saturated heterocycles. The second-order valence-corrected chi connectivity index (χ2v) is 8.27. The van der Waals surface area contributed by atoms with Crippen LogP contribution in [0, 0.1) is 0 Å². The van der Waals surface area contributed by atoms with Crippen molar-refractivity contribution in [2.24, 2.45) is 0 Å². The van der Waals surface area contributed by atoms with Gasteiger partial charge in [0, 0.05) is 13.0 Å². The Morgan fingerprint density at radius 3 is 2.63 bits per heavy atom. The zero-order valence-corrected chi connectivity index (χ0v) is 16.3. The van der Waals surface area contributed by atoms with Crippen LogP contribution in [0.2, 0.25) is 5.02 Å². The van der Waals surface area contributed by atoms with Crippen LogP contribution < -0.4 is 15.6 Å². The Morgan fingerprint density at radius 2 is 1.93 bits per heavy atom. The predicted molar refractivity (Wildman–Crippen MR) is 98.4 cm³/mol. The molecule has 0 aliphatic carbocycles. The van der Waals surface area contributed by atoms with Gasteiger partial charge in [-0.1, -0.05) is 18.0 Å². The van der Waals surface area contributed by atoms with E-state index >= 15 is 0 Å². The molecule has 1 aromatic carbocycles.